The molecule has 4 aromatic rings. The molecule has 34 heavy (non-hydrogen) atoms. The lowest BCUT2D eigenvalue weighted by molar-refractivity contribution is 0.0749. The number of benzene rings is 3. The van der Waals surface area contributed by atoms with Gasteiger partial charge in [0, 0.05) is 31.3 Å². The number of aromatic nitrogens is 2. The van der Waals surface area contributed by atoms with Crippen molar-refractivity contribution in [2.24, 2.45) is 0 Å². The molecular formula is C26H24N4O4. The van der Waals surface area contributed by atoms with E-state index in [1.165, 1.54) is 12.1 Å². The molecule has 2 heterocycles. The second-order valence-corrected chi connectivity index (χ2v) is 8.16. The van der Waals surface area contributed by atoms with Gasteiger partial charge in [0.15, 0.2) is 0 Å². The molecule has 1 aliphatic heterocycles. The third kappa shape index (κ3) is 4.13. The fraction of sp³-hybridized carbons (Fsp3) is 0.154. The van der Waals surface area contributed by atoms with Crippen molar-refractivity contribution in [2.75, 3.05) is 12.4 Å². The highest BCUT2D eigenvalue weighted by molar-refractivity contribution is 6.03. The molecule has 8 nitrogen and oxygen atoms in total. The van der Waals surface area contributed by atoms with Crippen LogP contribution >= 0.6 is 0 Å². The lowest BCUT2D eigenvalue weighted by atomic mass is 10.1. The molecule has 172 valence electrons. The molecule has 0 bridgehead atoms. The van der Waals surface area contributed by atoms with Crippen LogP contribution in [0.2, 0.25) is 0 Å². The number of methoxy groups -OCH3 is 1. The molecule has 1 aliphatic rings. The van der Waals surface area contributed by atoms with E-state index in [1.54, 1.807) is 29.0 Å². The minimum absolute atomic E-state index is 0.0998. The zero-order valence-corrected chi connectivity index (χ0v) is 18.6. The molecular weight excluding hydrogens is 432 g/mol. The standard InChI is InChI=1S/C26H24N4O4/c1-34-21-8-6-17(7-9-21)14-30-24(10-11-27-30)28-22-12-20(31)13-23(32)25(22)26(33)29-15-18-4-2-3-5-19(18)16-29/h2-13,28,31-32H,14-16H2,1H3. The number of hydrogen-bond acceptors (Lipinski definition) is 6. The van der Waals surface area contributed by atoms with Crippen LogP contribution in [-0.2, 0) is 19.6 Å². The number of amides is 1. The van der Waals surface area contributed by atoms with E-state index < -0.39 is 0 Å². The first-order chi connectivity index (χ1) is 16.5. The lowest BCUT2D eigenvalue weighted by Crippen LogP contribution is -2.26. The van der Waals surface area contributed by atoms with Crippen LogP contribution in [0.1, 0.15) is 27.0 Å². The summed E-state index contributed by atoms with van der Waals surface area (Å²) in [5.41, 5.74) is 3.58. The van der Waals surface area contributed by atoms with E-state index in [0.717, 1.165) is 22.4 Å². The predicted octanol–water partition coefficient (Wildman–Crippen LogP) is 4.25. The molecule has 0 aliphatic carbocycles. The van der Waals surface area contributed by atoms with Gasteiger partial charge in [0.2, 0.25) is 0 Å². The molecule has 0 fully saturated rings. The summed E-state index contributed by atoms with van der Waals surface area (Å²) in [7, 11) is 1.62. The zero-order valence-electron chi connectivity index (χ0n) is 18.6. The highest BCUT2D eigenvalue weighted by Gasteiger charge is 2.28. The third-order valence-electron chi connectivity index (χ3n) is 5.91. The fourth-order valence-electron chi connectivity index (χ4n) is 4.18. The molecule has 5 rings (SSSR count). The maximum absolute atomic E-state index is 13.4. The molecule has 8 heteroatoms. The first-order valence-electron chi connectivity index (χ1n) is 10.9. The summed E-state index contributed by atoms with van der Waals surface area (Å²) in [4.78, 5) is 15.1. The minimum Gasteiger partial charge on any atom is -0.508 e. The summed E-state index contributed by atoms with van der Waals surface area (Å²) in [5.74, 6) is 0.620. The Morgan fingerprint density at radius 1 is 1.03 bits per heavy atom. The number of fused-ring (bicyclic) bond motifs is 1. The second kappa shape index (κ2) is 8.82. The monoisotopic (exact) mass is 456 g/mol. The number of nitrogens with zero attached hydrogens (tertiary/aromatic N) is 3. The van der Waals surface area contributed by atoms with Gasteiger partial charge in [-0.2, -0.15) is 5.10 Å². The van der Waals surface area contributed by atoms with Crippen molar-refractivity contribution in [1.82, 2.24) is 14.7 Å². The van der Waals surface area contributed by atoms with Gasteiger partial charge in [-0.1, -0.05) is 36.4 Å². The van der Waals surface area contributed by atoms with Crippen LogP contribution < -0.4 is 10.1 Å². The van der Waals surface area contributed by atoms with Crippen LogP contribution in [0.15, 0.2) is 72.9 Å². The minimum atomic E-state index is -0.322. The summed E-state index contributed by atoms with van der Waals surface area (Å²) in [5, 5.41) is 28.3. The van der Waals surface area contributed by atoms with Crippen molar-refractivity contribution in [2.45, 2.75) is 19.6 Å². The Labute approximate surface area is 196 Å². The van der Waals surface area contributed by atoms with Crippen molar-refractivity contribution in [3.63, 3.8) is 0 Å². The quantitative estimate of drug-likeness (QED) is 0.401. The van der Waals surface area contributed by atoms with Crippen LogP contribution in [0.3, 0.4) is 0 Å². The summed E-state index contributed by atoms with van der Waals surface area (Å²) in [6.07, 6.45) is 1.65. The van der Waals surface area contributed by atoms with E-state index in [-0.39, 0.29) is 23.0 Å². The molecule has 0 unspecified atom stereocenters. The molecule has 3 N–H and O–H groups in total. The van der Waals surface area contributed by atoms with Gasteiger partial charge in [-0.15, -0.1) is 0 Å². The molecule has 0 saturated heterocycles. The van der Waals surface area contributed by atoms with E-state index in [1.807, 2.05) is 48.5 Å². The number of rotatable bonds is 6. The van der Waals surface area contributed by atoms with Crippen LogP contribution in [0.5, 0.6) is 17.2 Å². The Kier molecular flexibility index (Phi) is 5.55. The fourth-order valence-corrected chi connectivity index (χ4v) is 4.18. The largest absolute Gasteiger partial charge is 0.508 e. The molecule has 0 radical (unpaired) electrons. The number of phenols is 2. The van der Waals surface area contributed by atoms with Gasteiger partial charge in [0.1, 0.15) is 28.6 Å². The van der Waals surface area contributed by atoms with Gasteiger partial charge >= 0.3 is 0 Å². The van der Waals surface area contributed by atoms with E-state index in [0.29, 0.717) is 31.1 Å². The van der Waals surface area contributed by atoms with Gasteiger partial charge in [0.05, 0.1) is 25.5 Å². The number of aromatic hydroxyl groups is 2. The van der Waals surface area contributed by atoms with Gasteiger partial charge in [-0.25, -0.2) is 4.68 Å². The lowest BCUT2D eigenvalue weighted by Gasteiger charge is -2.20. The summed E-state index contributed by atoms with van der Waals surface area (Å²) in [6, 6.07) is 19.9. The smallest absolute Gasteiger partial charge is 0.260 e. The van der Waals surface area contributed by atoms with E-state index in [9.17, 15) is 15.0 Å². The number of nitrogens with one attached hydrogen (secondary N) is 1. The van der Waals surface area contributed by atoms with Crippen LogP contribution in [0.4, 0.5) is 11.5 Å². The maximum atomic E-state index is 13.4. The van der Waals surface area contributed by atoms with Crippen molar-refractivity contribution in [1.29, 1.82) is 0 Å². The number of anilines is 2. The average Bonchev–Trinajstić information content (AvgIpc) is 3.46. The van der Waals surface area contributed by atoms with Gasteiger partial charge in [0.25, 0.3) is 5.91 Å². The summed E-state index contributed by atoms with van der Waals surface area (Å²) < 4.78 is 6.95. The van der Waals surface area contributed by atoms with Crippen LogP contribution in [0.25, 0.3) is 0 Å². The van der Waals surface area contributed by atoms with Gasteiger partial charge in [-0.05, 0) is 28.8 Å². The number of phenolic OH excluding ortho intramolecular Hbond substituents is 2. The number of ether oxygens (including phenoxy) is 1. The zero-order chi connectivity index (χ0) is 23.7. The molecule has 1 amide bonds. The molecule has 1 aromatic heterocycles. The van der Waals surface area contributed by atoms with E-state index in [4.69, 9.17) is 4.74 Å². The van der Waals surface area contributed by atoms with Gasteiger partial charge < -0.3 is 25.2 Å². The number of carbonyl (C=O) groups excluding carboxylic acids is 1. The Morgan fingerprint density at radius 2 is 1.74 bits per heavy atom. The normalized spacial score (nSPS) is 12.4. The summed E-state index contributed by atoms with van der Waals surface area (Å²) in [6.45, 7) is 1.41. The molecule has 0 atom stereocenters. The van der Waals surface area contributed by atoms with Crippen molar-refractivity contribution in [3.05, 3.63) is 95.2 Å². The molecule has 3 aromatic carbocycles. The SMILES string of the molecule is COc1ccc(Cn2nccc2Nc2cc(O)cc(O)c2C(=O)N2Cc3ccccc3C2)cc1. The van der Waals surface area contributed by atoms with Crippen LogP contribution in [-0.4, -0.2) is 37.9 Å². The second-order valence-electron chi connectivity index (χ2n) is 8.16. The first-order valence-corrected chi connectivity index (χ1v) is 10.9. The first kappa shape index (κ1) is 21.4. The Balaban J connectivity index is 1.42. The number of carbonyl (C=O) groups is 1. The Hall–Kier alpha value is -4.46. The predicted molar refractivity (Wildman–Crippen MR) is 127 cm³/mol. The van der Waals surface area contributed by atoms with E-state index in [2.05, 4.69) is 10.4 Å². The molecule has 0 saturated carbocycles. The van der Waals surface area contributed by atoms with Crippen molar-refractivity contribution < 1.29 is 19.7 Å². The highest BCUT2D eigenvalue weighted by atomic mass is 16.5. The van der Waals surface area contributed by atoms with Crippen LogP contribution in [0, 0.1) is 0 Å². The van der Waals surface area contributed by atoms with Crippen molar-refractivity contribution >= 4 is 17.4 Å². The maximum Gasteiger partial charge on any atom is 0.260 e. The average molecular weight is 457 g/mol. The Bertz CT molecular complexity index is 1320. The third-order valence-corrected chi connectivity index (χ3v) is 5.91. The topological polar surface area (TPSA) is 99.9 Å². The van der Waals surface area contributed by atoms with Crippen molar-refractivity contribution in [3.8, 4) is 17.2 Å². The molecule has 0 spiro atoms. The van der Waals surface area contributed by atoms with E-state index >= 15 is 0 Å². The number of hydrogen-bond donors (Lipinski definition) is 3. The summed E-state index contributed by atoms with van der Waals surface area (Å²) >= 11 is 0. The van der Waals surface area contributed by atoms with Gasteiger partial charge in [-0.3, -0.25) is 4.79 Å². The Morgan fingerprint density at radius 3 is 2.41 bits per heavy atom. The highest BCUT2D eigenvalue weighted by Crippen LogP contribution is 2.36.